The van der Waals surface area contributed by atoms with Crippen molar-refractivity contribution in [2.24, 2.45) is 0 Å². The molecule has 0 bridgehead atoms. The second kappa shape index (κ2) is 7.45. The summed E-state index contributed by atoms with van der Waals surface area (Å²) in [5.41, 5.74) is 1.93. The Labute approximate surface area is 157 Å². The molecule has 0 spiro atoms. The lowest BCUT2D eigenvalue weighted by Gasteiger charge is -2.22. The number of hydrogen-bond donors (Lipinski definition) is 0. The van der Waals surface area contributed by atoms with Crippen molar-refractivity contribution in [2.75, 3.05) is 22.9 Å². The second-order valence-corrected chi connectivity index (χ2v) is 7.33. The van der Waals surface area contributed by atoms with Crippen LogP contribution in [-0.4, -0.2) is 23.3 Å². The number of thioether (sulfide) groups is 1. The van der Waals surface area contributed by atoms with Crippen LogP contribution >= 0.6 is 24.0 Å². The monoisotopic (exact) mass is 372 g/mol. The van der Waals surface area contributed by atoms with E-state index in [4.69, 9.17) is 16.6 Å². The standard InChI is InChI=1S/C19H20N2O2S2/c1-4-20(5-2)14-7-9-15(10-8-14)21-18(22)17(25-19(21)24)12-16-11-6-13(3)23-16/h6-12H,4-5H2,1-3H3. The van der Waals surface area contributed by atoms with Crippen LogP contribution in [0.5, 0.6) is 0 Å². The number of carbonyl (C=O) groups excluding carboxylic acids is 1. The van der Waals surface area contributed by atoms with E-state index >= 15 is 0 Å². The van der Waals surface area contributed by atoms with Crippen LogP contribution in [0.15, 0.2) is 45.7 Å². The van der Waals surface area contributed by atoms with Crippen LogP contribution < -0.4 is 9.80 Å². The number of rotatable bonds is 5. The van der Waals surface area contributed by atoms with Gasteiger partial charge in [-0.1, -0.05) is 24.0 Å². The topological polar surface area (TPSA) is 36.7 Å². The van der Waals surface area contributed by atoms with Crippen molar-refractivity contribution in [3.8, 4) is 0 Å². The number of benzene rings is 1. The minimum Gasteiger partial charge on any atom is -0.462 e. The number of carbonyl (C=O) groups is 1. The fourth-order valence-electron chi connectivity index (χ4n) is 2.75. The van der Waals surface area contributed by atoms with E-state index in [1.807, 2.05) is 43.3 Å². The van der Waals surface area contributed by atoms with Gasteiger partial charge in [0.15, 0.2) is 4.32 Å². The molecule has 2 aromatic rings. The van der Waals surface area contributed by atoms with Crippen molar-refractivity contribution in [1.82, 2.24) is 0 Å². The largest absolute Gasteiger partial charge is 0.462 e. The van der Waals surface area contributed by atoms with E-state index in [1.54, 1.807) is 11.0 Å². The maximum atomic E-state index is 12.8. The molecule has 2 heterocycles. The van der Waals surface area contributed by atoms with Gasteiger partial charge < -0.3 is 9.32 Å². The van der Waals surface area contributed by atoms with Crippen molar-refractivity contribution >= 4 is 51.7 Å². The number of nitrogens with zero attached hydrogens (tertiary/aromatic N) is 2. The maximum absolute atomic E-state index is 12.8. The molecule has 6 heteroatoms. The molecule has 3 rings (SSSR count). The molecular weight excluding hydrogens is 352 g/mol. The first kappa shape index (κ1) is 17.8. The van der Waals surface area contributed by atoms with Gasteiger partial charge in [0.25, 0.3) is 5.91 Å². The highest BCUT2D eigenvalue weighted by atomic mass is 32.2. The van der Waals surface area contributed by atoms with E-state index in [2.05, 4.69) is 18.7 Å². The van der Waals surface area contributed by atoms with Crippen molar-refractivity contribution in [1.29, 1.82) is 0 Å². The lowest BCUT2D eigenvalue weighted by molar-refractivity contribution is -0.113. The molecular formula is C19H20N2O2S2. The quantitative estimate of drug-likeness (QED) is 0.554. The smallest absolute Gasteiger partial charge is 0.270 e. The zero-order chi connectivity index (χ0) is 18.0. The molecule has 1 aliphatic rings. The summed E-state index contributed by atoms with van der Waals surface area (Å²) >= 11 is 6.71. The average Bonchev–Trinajstić information content (AvgIpc) is 3.13. The molecule has 1 saturated heterocycles. The van der Waals surface area contributed by atoms with Crippen LogP contribution in [0, 0.1) is 6.92 Å². The highest BCUT2D eigenvalue weighted by Gasteiger charge is 2.33. The van der Waals surface area contributed by atoms with E-state index in [0.717, 1.165) is 30.2 Å². The Morgan fingerprint density at radius 1 is 1.16 bits per heavy atom. The van der Waals surface area contributed by atoms with Crippen molar-refractivity contribution in [3.63, 3.8) is 0 Å². The van der Waals surface area contributed by atoms with Gasteiger partial charge >= 0.3 is 0 Å². The van der Waals surface area contributed by atoms with E-state index < -0.39 is 0 Å². The predicted octanol–water partition coefficient (Wildman–Crippen LogP) is 4.84. The fourth-order valence-corrected chi connectivity index (χ4v) is 4.03. The third-order valence-electron chi connectivity index (χ3n) is 4.06. The summed E-state index contributed by atoms with van der Waals surface area (Å²) in [5, 5.41) is 0. The fraction of sp³-hybridized carbons (Fsp3) is 0.263. The van der Waals surface area contributed by atoms with E-state index in [-0.39, 0.29) is 5.91 Å². The Hall–Kier alpha value is -2.05. The molecule has 0 unspecified atom stereocenters. The van der Waals surface area contributed by atoms with Crippen molar-refractivity contribution < 1.29 is 9.21 Å². The summed E-state index contributed by atoms with van der Waals surface area (Å²) in [5.74, 6) is 1.36. The van der Waals surface area contributed by atoms with Gasteiger partial charge in [0.1, 0.15) is 11.5 Å². The molecule has 1 aromatic heterocycles. The van der Waals surface area contributed by atoms with Crippen LogP contribution in [0.1, 0.15) is 25.4 Å². The van der Waals surface area contributed by atoms with Crippen LogP contribution in [-0.2, 0) is 4.79 Å². The Morgan fingerprint density at radius 3 is 2.40 bits per heavy atom. The Bertz CT molecular complexity index is 820. The summed E-state index contributed by atoms with van der Waals surface area (Å²) in [4.78, 5) is 17.2. The number of furan rings is 1. The molecule has 1 aromatic carbocycles. The lowest BCUT2D eigenvalue weighted by atomic mass is 10.2. The summed E-state index contributed by atoms with van der Waals surface area (Å²) < 4.78 is 6.06. The van der Waals surface area contributed by atoms with Gasteiger partial charge in [-0.3, -0.25) is 9.69 Å². The number of aryl methyl sites for hydroxylation is 1. The van der Waals surface area contributed by atoms with Gasteiger partial charge in [-0.2, -0.15) is 0 Å². The van der Waals surface area contributed by atoms with Gasteiger partial charge in [0.05, 0.1) is 10.6 Å². The third kappa shape index (κ3) is 3.65. The Kier molecular flexibility index (Phi) is 5.30. The number of amides is 1. The predicted molar refractivity (Wildman–Crippen MR) is 109 cm³/mol. The summed E-state index contributed by atoms with van der Waals surface area (Å²) in [6.45, 7) is 8.02. The summed E-state index contributed by atoms with van der Waals surface area (Å²) in [6.07, 6.45) is 1.75. The van der Waals surface area contributed by atoms with Crippen LogP contribution in [0.25, 0.3) is 6.08 Å². The van der Waals surface area contributed by atoms with E-state index in [1.165, 1.54) is 11.8 Å². The SMILES string of the molecule is CCN(CC)c1ccc(N2C(=O)C(=Cc3ccc(C)o3)SC2=S)cc1. The van der Waals surface area contributed by atoms with Gasteiger partial charge in [0, 0.05) is 24.9 Å². The van der Waals surface area contributed by atoms with E-state index in [0.29, 0.717) is 15.0 Å². The molecule has 1 fully saturated rings. The molecule has 0 radical (unpaired) electrons. The van der Waals surface area contributed by atoms with Gasteiger partial charge in [-0.25, -0.2) is 0 Å². The highest BCUT2D eigenvalue weighted by Crippen LogP contribution is 2.36. The minimum atomic E-state index is -0.111. The summed E-state index contributed by atoms with van der Waals surface area (Å²) in [6, 6.07) is 11.7. The molecule has 1 aliphatic heterocycles. The Balaban J connectivity index is 1.84. The first-order chi connectivity index (χ1) is 12.0. The first-order valence-corrected chi connectivity index (χ1v) is 9.45. The number of hydrogen-bond acceptors (Lipinski definition) is 5. The zero-order valence-electron chi connectivity index (χ0n) is 14.5. The minimum absolute atomic E-state index is 0.111. The molecule has 0 saturated carbocycles. The lowest BCUT2D eigenvalue weighted by Crippen LogP contribution is -2.27. The van der Waals surface area contributed by atoms with Crippen LogP contribution in [0.3, 0.4) is 0 Å². The third-order valence-corrected chi connectivity index (χ3v) is 5.37. The van der Waals surface area contributed by atoms with Gasteiger partial charge in [-0.15, -0.1) is 0 Å². The molecule has 0 atom stereocenters. The Morgan fingerprint density at radius 2 is 1.84 bits per heavy atom. The highest BCUT2D eigenvalue weighted by molar-refractivity contribution is 8.27. The summed E-state index contributed by atoms with van der Waals surface area (Å²) in [7, 11) is 0. The molecule has 0 aliphatic carbocycles. The van der Waals surface area contributed by atoms with Gasteiger partial charge in [0.2, 0.25) is 0 Å². The first-order valence-electron chi connectivity index (χ1n) is 8.23. The molecule has 0 N–H and O–H groups in total. The van der Waals surface area contributed by atoms with E-state index in [9.17, 15) is 4.79 Å². The molecule has 4 nitrogen and oxygen atoms in total. The zero-order valence-corrected chi connectivity index (χ0v) is 16.1. The maximum Gasteiger partial charge on any atom is 0.270 e. The molecule has 25 heavy (non-hydrogen) atoms. The molecule has 130 valence electrons. The molecule has 1 amide bonds. The van der Waals surface area contributed by atoms with Crippen molar-refractivity contribution in [2.45, 2.75) is 20.8 Å². The van der Waals surface area contributed by atoms with Crippen LogP contribution in [0.4, 0.5) is 11.4 Å². The number of thiocarbonyl (C=S) groups is 1. The van der Waals surface area contributed by atoms with Crippen LogP contribution in [0.2, 0.25) is 0 Å². The normalized spacial score (nSPS) is 16.1. The van der Waals surface area contributed by atoms with Gasteiger partial charge in [-0.05, 0) is 57.2 Å². The number of anilines is 2. The average molecular weight is 373 g/mol. The van der Waals surface area contributed by atoms with Crippen molar-refractivity contribution in [3.05, 3.63) is 52.8 Å². The second-order valence-electron chi connectivity index (χ2n) is 5.65.